The molecule has 100 valence electrons. The minimum Gasteiger partial charge on any atom is -0.289 e. The van der Waals surface area contributed by atoms with E-state index in [4.69, 9.17) is 0 Å². The lowest BCUT2D eigenvalue weighted by molar-refractivity contribution is 0.102. The molecule has 0 bridgehead atoms. The van der Waals surface area contributed by atoms with Gasteiger partial charge in [0.25, 0.3) is 0 Å². The highest BCUT2D eigenvalue weighted by molar-refractivity contribution is 6.08. The van der Waals surface area contributed by atoms with Crippen LogP contribution in [-0.2, 0) is 12.8 Å². The minimum absolute atomic E-state index is 0.275. The summed E-state index contributed by atoms with van der Waals surface area (Å²) in [5.41, 5.74) is 4.81. The maximum atomic E-state index is 12.6. The summed E-state index contributed by atoms with van der Waals surface area (Å²) in [6.45, 7) is 0. The van der Waals surface area contributed by atoms with Gasteiger partial charge in [0.05, 0.1) is 0 Å². The van der Waals surface area contributed by atoms with E-state index in [1.807, 2.05) is 6.07 Å². The fourth-order valence-electron chi connectivity index (χ4n) is 3.30. The third kappa shape index (κ3) is 2.80. The van der Waals surface area contributed by atoms with Crippen LogP contribution in [0.4, 0.5) is 0 Å². The zero-order chi connectivity index (χ0) is 13.1. The maximum Gasteiger partial charge on any atom is 0.188 e. The molecule has 0 fully saturated rings. The minimum atomic E-state index is 0.275. The Labute approximate surface area is 115 Å². The first-order valence-electron chi connectivity index (χ1n) is 7.70. The first-order chi connectivity index (χ1) is 9.34. The molecule has 0 unspecified atom stereocenters. The van der Waals surface area contributed by atoms with Crippen molar-refractivity contribution in [2.24, 2.45) is 0 Å². The third-order valence-electron chi connectivity index (χ3n) is 4.44. The van der Waals surface area contributed by atoms with Gasteiger partial charge in [0.15, 0.2) is 5.78 Å². The van der Waals surface area contributed by atoms with Gasteiger partial charge >= 0.3 is 0 Å². The molecule has 19 heavy (non-hydrogen) atoms. The van der Waals surface area contributed by atoms with E-state index in [2.05, 4.69) is 18.2 Å². The summed E-state index contributed by atoms with van der Waals surface area (Å²) in [7, 11) is 0. The standard InChI is InChI=1S/C18H22O/c19-18(15-7-4-2-1-3-5-8-15)17-12-11-14-9-6-10-16(14)13-17/h7,11-13H,1-6,8-10H2/b15-7+. The summed E-state index contributed by atoms with van der Waals surface area (Å²) in [4.78, 5) is 12.6. The first kappa shape index (κ1) is 12.7. The average molecular weight is 254 g/mol. The number of fused-ring (bicyclic) bond motifs is 1. The molecule has 0 atom stereocenters. The van der Waals surface area contributed by atoms with E-state index < -0.39 is 0 Å². The second kappa shape index (κ2) is 5.73. The van der Waals surface area contributed by atoms with Crippen LogP contribution in [0.1, 0.15) is 66.4 Å². The van der Waals surface area contributed by atoms with E-state index in [1.54, 1.807) is 0 Å². The zero-order valence-corrected chi connectivity index (χ0v) is 11.6. The highest BCUT2D eigenvalue weighted by Gasteiger charge is 2.17. The van der Waals surface area contributed by atoms with Gasteiger partial charge in [-0.05, 0) is 67.7 Å². The van der Waals surface area contributed by atoms with Crippen LogP contribution in [0.3, 0.4) is 0 Å². The zero-order valence-electron chi connectivity index (χ0n) is 11.6. The summed E-state index contributed by atoms with van der Waals surface area (Å²) in [6, 6.07) is 6.34. The predicted molar refractivity (Wildman–Crippen MR) is 78.6 cm³/mol. The Morgan fingerprint density at radius 1 is 0.842 bits per heavy atom. The lowest BCUT2D eigenvalue weighted by Crippen LogP contribution is -2.06. The van der Waals surface area contributed by atoms with E-state index in [1.165, 1.54) is 49.7 Å². The molecular weight excluding hydrogens is 232 g/mol. The van der Waals surface area contributed by atoms with Crippen molar-refractivity contribution in [3.05, 3.63) is 46.5 Å². The van der Waals surface area contributed by atoms with Gasteiger partial charge in [-0.1, -0.05) is 31.1 Å². The van der Waals surface area contributed by atoms with Gasteiger partial charge in [-0.25, -0.2) is 0 Å². The number of aryl methyl sites for hydroxylation is 2. The molecule has 0 saturated carbocycles. The highest BCUT2D eigenvalue weighted by Crippen LogP contribution is 2.26. The molecule has 1 nitrogen and oxygen atoms in total. The molecule has 1 heteroatoms. The number of allylic oxidation sites excluding steroid dienone is 2. The number of hydrogen-bond donors (Lipinski definition) is 0. The monoisotopic (exact) mass is 254 g/mol. The number of carbonyl (C=O) groups is 1. The maximum absolute atomic E-state index is 12.6. The Morgan fingerprint density at radius 3 is 2.63 bits per heavy atom. The summed E-state index contributed by atoms with van der Waals surface area (Å²) < 4.78 is 0. The van der Waals surface area contributed by atoms with Crippen molar-refractivity contribution in [2.75, 3.05) is 0 Å². The normalized spacial score (nSPS) is 22.0. The van der Waals surface area contributed by atoms with Crippen LogP contribution in [-0.4, -0.2) is 5.78 Å². The van der Waals surface area contributed by atoms with Gasteiger partial charge in [0.1, 0.15) is 0 Å². The lowest BCUT2D eigenvalue weighted by Gasteiger charge is -2.11. The largest absolute Gasteiger partial charge is 0.289 e. The summed E-state index contributed by atoms with van der Waals surface area (Å²) in [5.74, 6) is 0.275. The van der Waals surface area contributed by atoms with E-state index in [-0.39, 0.29) is 5.78 Å². The Hall–Kier alpha value is -1.37. The van der Waals surface area contributed by atoms with Crippen molar-refractivity contribution in [3.63, 3.8) is 0 Å². The lowest BCUT2D eigenvalue weighted by atomic mass is 9.93. The molecule has 1 aromatic carbocycles. The van der Waals surface area contributed by atoms with Crippen molar-refractivity contribution in [1.82, 2.24) is 0 Å². The van der Waals surface area contributed by atoms with Crippen molar-refractivity contribution in [1.29, 1.82) is 0 Å². The van der Waals surface area contributed by atoms with E-state index in [0.717, 1.165) is 30.4 Å². The number of ketones is 1. The van der Waals surface area contributed by atoms with Gasteiger partial charge in [-0.2, -0.15) is 0 Å². The number of Topliss-reactive ketones (excluding diaryl/α,β-unsaturated/α-hetero) is 1. The Kier molecular flexibility index (Phi) is 3.82. The topological polar surface area (TPSA) is 17.1 Å². The van der Waals surface area contributed by atoms with Gasteiger partial charge in [0.2, 0.25) is 0 Å². The molecule has 1 aromatic rings. The van der Waals surface area contributed by atoms with Crippen LogP contribution in [0.15, 0.2) is 29.8 Å². The Morgan fingerprint density at radius 2 is 1.68 bits per heavy atom. The van der Waals surface area contributed by atoms with Crippen molar-refractivity contribution in [3.8, 4) is 0 Å². The van der Waals surface area contributed by atoms with Gasteiger partial charge < -0.3 is 0 Å². The van der Waals surface area contributed by atoms with E-state index in [0.29, 0.717) is 0 Å². The molecule has 0 N–H and O–H groups in total. The van der Waals surface area contributed by atoms with Gasteiger partial charge in [-0.15, -0.1) is 0 Å². The predicted octanol–water partition coefficient (Wildman–Crippen LogP) is 4.64. The SMILES string of the molecule is O=C(/C1=C/CCCCCC1)c1ccc2c(c1)CCC2. The van der Waals surface area contributed by atoms with E-state index in [9.17, 15) is 4.79 Å². The van der Waals surface area contributed by atoms with Gasteiger partial charge in [-0.3, -0.25) is 4.79 Å². The Bertz CT molecular complexity index is 510. The Balaban J connectivity index is 1.82. The van der Waals surface area contributed by atoms with Crippen molar-refractivity contribution >= 4 is 5.78 Å². The molecule has 3 rings (SSSR count). The van der Waals surface area contributed by atoms with Crippen LogP contribution in [0.25, 0.3) is 0 Å². The molecule has 0 radical (unpaired) electrons. The van der Waals surface area contributed by atoms with Crippen LogP contribution >= 0.6 is 0 Å². The number of benzene rings is 1. The quantitative estimate of drug-likeness (QED) is 0.703. The van der Waals surface area contributed by atoms with Crippen LogP contribution in [0.5, 0.6) is 0 Å². The average Bonchev–Trinajstić information content (AvgIpc) is 2.84. The first-order valence-corrected chi connectivity index (χ1v) is 7.70. The summed E-state index contributed by atoms with van der Waals surface area (Å²) >= 11 is 0. The number of carbonyl (C=O) groups excluding carboxylic acids is 1. The van der Waals surface area contributed by atoms with Crippen molar-refractivity contribution in [2.45, 2.75) is 57.8 Å². The number of hydrogen-bond acceptors (Lipinski definition) is 1. The molecule has 0 heterocycles. The number of rotatable bonds is 2. The van der Waals surface area contributed by atoms with Crippen LogP contribution < -0.4 is 0 Å². The summed E-state index contributed by atoms with van der Waals surface area (Å²) in [5, 5.41) is 0. The molecule has 0 amide bonds. The van der Waals surface area contributed by atoms with Crippen LogP contribution in [0.2, 0.25) is 0 Å². The molecular formula is C18H22O. The van der Waals surface area contributed by atoms with E-state index >= 15 is 0 Å². The molecule has 2 aliphatic rings. The van der Waals surface area contributed by atoms with Crippen LogP contribution in [0, 0.1) is 0 Å². The third-order valence-corrected chi connectivity index (χ3v) is 4.44. The summed E-state index contributed by atoms with van der Waals surface area (Å²) in [6.07, 6.45) is 12.8. The molecule has 0 aromatic heterocycles. The fourth-order valence-corrected chi connectivity index (χ4v) is 3.30. The smallest absolute Gasteiger partial charge is 0.188 e. The molecule has 0 aliphatic heterocycles. The second-order valence-electron chi connectivity index (χ2n) is 5.85. The second-order valence-corrected chi connectivity index (χ2v) is 5.85. The highest BCUT2D eigenvalue weighted by atomic mass is 16.1. The fraction of sp³-hybridized carbons (Fsp3) is 0.500. The molecule has 0 saturated heterocycles. The molecule has 0 spiro atoms. The van der Waals surface area contributed by atoms with Gasteiger partial charge in [0, 0.05) is 5.56 Å². The molecule has 2 aliphatic carbocycles. The van der Waals surface area contributed by atoms with Crippen molar-refractivity contribution < 1.29 is 4.79 Å².